The molecular formula is C75H107FN4O10S5. The van der Waals surface area contributed by atoms with Gasteiger partial charge in [-0.3, -0.25) is 14.3 Å². The predicted molar refractivity (Wildman–Crippen MR) is 397 cm³/mol. The maximum Gasteiger partial charge on any atom is 0.348 e. The highest BCUT2D eigenvalue weighted by Crippen LogP contribution is 2.26. The van der Waals surface area contributed by atoms with Crippen LogP contribution in [0.3, 0.4) is 0 Å². The number of sulfonamides is 2. The molecule has 0 spiro atoms. The number of amides is 2. The third-order valence-corrected chi connectivity index (χ3v) is 18.1. The van der Waals surface area contributed by atoms with Gasteiger partial charge in [-0.25, -0.2) is 36.0 Å². The van der Waals surface area contributed by atoms with E-state index >= 15 is 0 Å². The molecule has 0 bridgehead atoms. The number of nitrogens with zero attached hydrogens (tertiary/aromatic N) is 1. The number of methoxy groups -OCH3 is 2. The molecule has 0 radical (unpaired) electrons. The molecule has 95 heavy (non-hydrogen) atoms. The molecule has 4 N–H and O–H groups in total. The summed E-state index contributed by atoms with van der Waals surface area (Å²) in [5.41, 5.74) is 10.0. The van der Waals surface area contributed by atoms with Gasteiger partial charge in [-0.05, 0) is 215 Å². The Morgan fingerprint density at radius 1 is 0.579 bits per heavy atom. The molecule has 0 aliphatic carbocycles. The van der Waals surface area contributed by atoms with E-state index in [1.54, 1.807) is 41.7 Å². The molecule has 20 heteroatoms. The van der Waals surface area contributed by atoms with Crippen LogP contribution in [-0.2, 0) is 84.1 Å². The van der Waals surface area contributed by atoms with Crippen molar-refractivity contribution in [2.75, 3.05) is 42.0 Å². The number of esters is 2. The van der Waals surface area contributed by atoms with Gasteiger partial charge in [0.15, 0.2) is 0 Å². The highest BCUT2D eigenvalue weighted by molar-refractivity contribution is 7.92. The normalized spacial score (nSPS) is 11.9. The van der Waals surface area contributed by atoms with Crippen LogP contribution < -0.4 is 20.1 Å². The molecule has 0 saturated carbocycles. The van der Waals surface area contributed by atoms with Crippen LogP contribution in [0, 0.1) is 47.2 Å². The van der Waals surface area contributed by atoms with Gasteiger partial charge in [0, 0.05) is 36.1 Å². The molecule has 1 fully saturated rings. The molecule has 14 nitrogen and oxygen atoms in total. The molecule has 0 atom stereocenters. The fourth-order valence-corrected chi connectivity index (χ4v) is 13.7. The van der Waals surface area contributed by atoms with Crippen LogP contribution >= 0.6 is 34.0 Å². The first-order chi connectivity index (χ1) is 44.5. The van der Waals surface area contributed by atoms with Crippen LogP contribution in [0.25, 0.3) is 0 Å². The van der Waals surface area contributed by atoms with Crippen molar-refractivity contribution in [3.05, 3.63) is 186 Å². The van der Waals surface area contributed by atoms with E-state index in [2.05, 4.69) is 151 Å². The molecule has 1 aliphatic rings. The topological polar surface area (TPSA) is 208 Å². The lowest BCUT2D eigenvalue weighted by atomic mass is 10.0. The van der Waals surface area contributed by atoms with Crippen LogP contribution in [0.2, 0.25) is 0 Å². The van der Waals surface area contributed by atoms with Crippen molar-refractivity contribution < 1.29 is 49.9 Å². The Morgan fingerprint density at radius 2 is 1.08 bits per heavy atom. The smallest absolute Gasteiger partial charge is 0.348 e. The molecule has 4 heterocycles. The molecular weight excluding hydrogens is 1300 g/mol. The van der Waals surface area contributed by atoms with Gasteiger partial charge in [-0.2, -0.15) is 11.3 Å². The fourth-order valence-electron chi connectivity index (χ4n) is 9.63. The van der Waals surface area contributed by atoms with Gasteiger partial charge in [-0.15, -0.1) is 22.7 Å². The molecule has 524 valence electrons. The number of halogens is 1. The molecule has 3 aromatic heterocycles. The predicted octanol–water partition coefficient (Wildman–Crippen LogP) is 18.2. The lowest BCUT2D eigenvalue weighted by Crippen LogP contribution is -2.23. The van der Waals surface area contributed by atoms with Crippen LogP contribution in [0.1, 0.15) is 175 Å². The quantitative estimate of drug-likeness (QED) is 0.0580. The van der Waals surface area contributed by atoms with Crippen molar-refractivity contribution in [2.45, 2.75) is 166 Å². The number of primary sulfonamides is 1. The third-order valence-electron chi connectivity index (χ3n) is 13.2. The minimum atomic E-state index is -3.50. The fraction of sp³-hybridized carbons (Fsp3) is 0.467. The average Bonchev–Trinajstić information content (AvgIpc) is 1.88. The molecule has 7 aromatic rings. The van der Waals surface area contributed by atoms with Gasteiger partial charge in [0.05, 0.1) is 31.7 Å². The number of thiophene rings is 3. The van der Waals surface area contributed by atoms with Crippen LogP contribution in [0.15, 0.2) is 136 Å². The van der Waals surface area contributed by atoms with E-state index in [-0.39, 0.29) is 33.6 Å². The summed E-state index contributed by atoms with van der Waals surface area (Å²) in [7, 11) is -3.86. The molecule has 4 aromatic carbocycles. The first kappa shape index (κ1) is 84.5. The van der Waals surface area contributed by atoms with Gasteiger partial charge < -0.3 is 19.7 Å². The zero-order chi connectivity index (χ0) is 71.6. The Bertz CT molecular complexity index is 3630. The number of anilines is 3. The Morgan fingerprint density at radius 3 is 1.56 bits per heavy atom. The number of carbonyl (C=O) groups is 4. The number of rotatable bonds is 21. The van der Waals surface area contributed by atoms with Gasteiger partial charge in [0.2, 0.25) is 31.9 Å². The van der Waals surface area contributed by atoms with E-state index in [1.807, 2.05) is 64.9 Å². The average molecular weight is 1400 g/mol. The van der Waals surface area contributed by atoms with Gasteiger partial charge in [0.1, 0.15) is 14.9 Å². The summed E-state index contributed by atoms with van der Waals surface area (Å²) in [6.07, 6.45) is 9.91. The third kappa shape index (κ3) is 37.5. The summed E-state index contributed by atoms with van der Waals surface area (Å²) in [4.78, 5) is 48.5. The van der Waals surface area contributed by atoms with Gasteiger partial charge in [0.25, 0.3) is 0 Å². The Kier molecular flexibility index (Phi) is 38.8. The maximum atomic E-state index is 13.3. The summed E-state index contributed by atoms with van der Waals surface area (Å²) < 4.78 is 69.1. The van der Waals surface area contributed by atoms with E-state index < -0.39 is 25.9 Å². The van der Waals surface area contributed by atoms with Gasteiger partial charge >= 0.3 is 11.9 Å². The molecule has 0 unspecified atom stereocenters. The number of ether oxygens (including phenoxy) is 2. The van der Waals surface area contributed by atoms with Crippen LogP contribution in [-0.4, -0.2) is 67.6 Å². The second-order valence-electron chi connectivity index (χ2n) is 26.5. The SMILES string of the molecule is CC(=O)Nc1cc(CC(C)C)ccc1F.CC(C)Cc1ccc(S(N)(=O)=O)s1.CC(C)Cc1cccc(N2CCCC2=O)c1.CC(C)Cc1cccc(NS(C)(=O)=O)c1.CC(C)Cc1ccsc1.COC(=O)c1cc(CC(C)C)cs1.COC(=O)c1cccc(CC(C)C)c1. The first-order valence-corrected chi connectivity index (χ1v) is 38.5. The second kappa shape index (κ2) is 43.6. The minimum Gasteiger partial charge on any atom is -0.465 e. The summed E-state index contributed by atoms with van der Waals surface area (Å²) >= 11 is 4.49. The monoisotopic (exact) mass is 1400 g/mol. The number of carbonyl (C=O) groups excluding carboxylic acids is 4. The van der Waals surface area contributed by atoms with Crippen molar-refractivity contribution in [1.29, 1.82) is 0 Å². The number of nitrogens with one attached hydrogen (secondary N) is 2. The summed E-state index contributed by atoms with van der Waals surface area (Å²) in [6, 6.07) is 35.8. The number of hydrogen-bond donors (Lipinski definition) is 3. The minimum absolute atomic E-state index is 0.236. The number of nitrogens with two attached hydrogens (primary N) is 1. The zero-order valence-corrected chi connectivity index (χ0v) is 63.4. The van der Waals surface area contributed by atoms with Crippen molar-refractivity contribution in [2.24, 2.45) is 46.6 Å². The maximum absolute atomic E-state index is 13.3. The van der Waals surface area contributed by atoms with E-state index in [4.69, 9.17) is 5.14 Å². The van der Waals surface area contributed by atoms with Gasteiger partial charge in [-0.1, -0.05) is 139 Å². The van der Waals surface area contributed by atoms with Crippen molar-refractivity contribution >= 4 is 94.9 Å². The Balaban J connectivity index is 0.000000379. The van der Waals surface area contributed by atoms with Crippen LogP contribution in [0.4, 0.5) is 21.5 Å². The number of hydrogen-bond acceptors (Lipinski definition) is 13. The lowest BCUT2D eigenvalue weighted by molar-refractivity contribution is -0.117. The zero-order valence-electron chi connectivity index (χ0n) is 59.3. The second-order valence-corrected chi connectivity index (χ2v) is 32.9. The van der Waals surface area contributed by atoms with Crippen molar-refractivity contribution in [3.8, 4) is 0 Å². The standard InChI is InChI=1S/C14H19NO.C12H16FNO.C12H16O2.C11H17NO2S.C10H14O2S.C8H13NO2S2.C8H12S/c1-11(2)9-12-5-3-6-13(10-12)15-8-4-7-14(15)16;1-8(2)6-10-4-5-11(13)12(7-10)14-9(3)15;1-9(2)7-10-5-4-6-11(8-10)12(13)14-3;1-9(2)7-10-5-4-6-11(8-10)12-15(3,13)14;1-7(2)4-8-5-9(13-6-8)10(11)12-3;1-6(2)5-7-3-4-8(12-7)13(9,10)11;1-7(2)5-8-3-4-9-6-8/h3,5-6,10-11H,4,7-9H2,1-2H3;4-5,7-8H,6H2,1-3H3,(H,14,15);4-6,8-9H,7H2,1-3H3;4-6,8-9,12H,7H2,1-3H3;5-7H,4H2,1-3H3;3-4,6H,5H2,1-2H3,(H2,9,10,11);3-4,6-7H,5H2,1-2H3. The van der Waals surface area contributed by atoms with E-state index in [1.165, 1.54) is 78.6 Å². The van der Waals surface area contributed by atoms with Crippen LogP contribution in [0.5, 0.6) is 0 Å². The Labute approximate surface area is 581 Å². The lowest BCUT2D eigenvalue weighted by Gasteiger charge is -2.17. The van der Waals surface area contributed by atoms with Crippen molar-refractivity contribution in [3.63, 3.8) is 0 Å². The highest BCUT2D eigenvalue weighted by atomic mass is 32.2. The van der Waals surface area contributed by atoms with Crippen molar-refractivity contribution in [1.82, 2.24) is 0 Å². The molecule has 1 saturated heterocycles. The highest BCUT2D eigenvalue weighted by Gasteiger charge is 2.22. The van der Waals surface area contributed by atoms with E-state index in [0.29, 0.717) is 58.1 Å². The molecule has 2 amide bonds. The molecule has 1 aliphatic heterocycles. The Hall–Kier alpha value is -6.55. The largest absolute Gasteiger partial charge is 0.465 e. The summed E-state index contributed by atoms with van der Waals surface area (Å²) in [6.45, 7) is 32.5. The van der Waals surface area contributed by atoms with E-state index in [9.17, 15) is 40.4 Å². The summed E-state index contributed by atoms with van der Waals surface area (Å²) in [5, 5.41) is 13.8. The first-order valence-electron chi connectivity index (χ1n) is 32.4. The van der Waals surface area contributed by atoms with E-state index in [0.717, 1.165) is 85.4 Å². The summed E-state index contributed by atoms with van der Waals surface area (Å²) in [5.74, 6) is 3.41. The number of benzene rings is 4. The molecule has 8 rings (SSSR count).